The van der Waals surface area contributed by atoms with E-state index in [1.165, 1.54) is 5.56 Å². The summed E-state index contributed by atoms with van der Waals surface area (Å²) in [6.45, 7) is 4.42. The molecule has 1 aromatic rings. The van der Waals surface area contributed by atoms with Gasteiger partial charge in [-0.25, -0.2) is 0 Å². The smallest absolute Gasteiger partial charge is 0.219 e. The molecule has 0 aromatic heterocycles. The van der Waals surface area contributed by atoms with Crippen LogP contribution in [-0.4, -0.2) is 37.5 Å². The van der Waals surface area contributed by atoms with Gasteiger partial charge in [-0.1, -0.05) is 29.3 Å². The molecule has 0 saturated carbocycles. The highest BCUT2D eigenvalue weighted by atomic mass is 35.5. The number of carbonyl (C=O) groups excluding carboxylic acids is 1. The van der Waals surface area contributed by atoms with Crippen LogP contribution < -0.4 is 5.32 Å². The van der Waals surface area contributed by atoms with Gasteiger partial charge in [0.05, 0.1) is 10.0 Å². The van der Waals surface area contributed by atoms with Crippen molar-refractivity contribution in [3.05, 3.63) is 33.8 Å². The summed E-state index contributed by atoms with van der Waals surface area (Å²) in [6.07, 6.45) is 4.32. The van der Waals surface area contributed by atoms with Crippen LogP contribution in [0.3, 0.4) is 0 Å². The molecule has 2 rings (SSSR count). The van der Waals surface area contributed by atoms with E-state index in [1.54, 1.807) is 11.8 Å². The Balaban J connectivity index is 2.13. The molecule has 22 heavy (non-hydrogen) atoms. The molecule has 0 unspecified atom stereocenters. The van der Waals surface area contributed by atoms with Crippen LogP contribution in [0.25, 0.3) is 0 Å². The monoisotopic (exact) mass is 342 g/mol. The molecule has 0 spiro atoms. The van der Waals surface area contributed by atoms with Gasteiger partial charge in [-0.2, -0.15) is 0 Å². The van der Waals surface area contributed by atoms with Gasteiger partial charge in [-0.3, -0.25) is 4.79 Å². The van der Waals surface area contributed by atoms with Gasteiger partial charge in [0, 0.05) is 32.5 Å². The van der Waals surface area contributed by atoms with Crippen molar-refractivity contribution in [3.63, 3.8) is 0 Å². The number of benzene rings is 1. The molecule has 1 aliphatic heterocycles. The summed E-state index contributed by atoms with van der Waals surface area (Å²) in [5.74, 6) is 0.116. The number of piperidine rings is 1. The maximum atomic E-state index is 11.3. The lowest BCUT2D eigenvalue weighted by molar-refractivity contribution is -0.127. The maximum absolute atomic E-state index is 11.3. The van der Waals surface area contributed by atoms with Gasteiger partial charge in [-0.15, -0.1) is 0 Å². The van der Waals surface area contributed by atoms with E-state index in [2.05, 4.69) is 11.4 Å². The number of rotatable bonds is 5. The van der Waals surface area contributed by atoms with Gasteiger partial charge < -0.3 is 10.2 Å². The summed E-state index contributed by atoms with van der Waals surface area (Å²) in [6, 6.07) is 5.98. The molecular formula is C17H24Cl2N2O. The summed E-state index contributed by atoms with van der Waals surface area (Å²) < 4.78 is 0. The van der Waals surface area contributed by atoms with Crippen molar-refractivity contribution >= 4 is 29.1 Å². The Bertz CT molecular complexity index is 527. The lowest BCUT2D eigenvalue weighted by atomic mass is 9.71. The molecule has 1 saturated heterocycles. The molecule has 0 aliphatic carbocycles. The molecule has 1 aromatic carbocycles. The van der Waals surface area contributed by atoms with Crippen LogP contribution in [0, 0.1) is 0 Å². The minimum absolute atomic E-state index is 0.0874. The Morgan fingerprint density at radius 1 is 1.36 bits per heavy atom. The van der Waals surface area contributed by atoms with Gasteiger partial charge in [0.25, 0.3) is 0 Å². The summed E-state index contributed by atoms with van der Waals surface area (Å²) in [5.41, 5.74) is 1.34. The number of carbonyl (C=O) groups is 1. The van der Waals surface area contributed by atoms with Crippen molar-refractivity contribution in [1.82, 2.24) is 10.2 Å². The first kappa shape index (κ1) is 17.6. The molecule has 3 nitrogen and oxygen atoms in total. The number of hydrogen-bond donors (Lipinski definition) is 1. The van der Waals surface area contributed by atoms with Gasteiger partial charge in [0.15, 0.2) is 0 Å². The van der Waals surface area contributed by atoms with Gasteiger partial charge in [-0.05, 0) is 49.9 Å². The molecular weight excluding hydrogens is 319 g/mol. The van der Waals surface area contributed by atoms with Crippen LogP contribution in [0.5, 0.6) is 0 Å². The van der Waals surface area contributed by atoms with E-state index in [1.807, 2.05) is 19.2 Å². The Kier molecular flexibility index (Phi) is 6.13. The quantitative estimate of drug-likeness (QED) is 0.880. The molecule has 0 bridgehead atoms. The standard InChI is InChI=1S/C17H24Cl2N2O/c1-13(22)21(2)10-4-8-17(7-3-9-20-12-17)14-5-6-15(18)16(19)11-14/h5-6,11,20H,3-4,7-10,12H2,1-2H3/t17-/m1/s1. The average Bonchev–Trinajstić information content (AvgIpc) is 2.50. The Labute approximate surface area is 143 Å². The van der Waals surface area contributed by atoms with Gasteiger partial charge in [0.2, 0.25) is 5.91 Å². The van der Waals surface area contributed by atoms with E-state index in [-0.39, 0.29) is 11.3 Å². The van der Waals surface area contributed by atoms with Crippen molar-refractivity contribution in [3.8, 4) is 0 Å². The molecule has 0 radical (unpaired) electrons. The third-order valence-electron chi connectivity index (χ3n) is 4.69. The zero-order valence-corrected chi connectivity index (χ0v) is 14.8. The summed E-state index contributed by atoms with van der Waals surface area (Å²) in [7, 11) is 1.85. The van der Waals surface area contributed by atoms with E-state index >= 15 is 0 Å². The average molecular weight is 343 g/mol. The maximum Gasteiger partial charge on any atom is 0.219 e. The fraction of sp³-hybridized carbons (Fsp3) is 0.588. The first-order chi connectivity index (χ1) is 10.4. The number of nitrogens with one attached hydrogen (secondary N) is 1. The highest BCUT2D eigenvalue weighted by Crippen LogP contribution is 2.38. The zero-order chi connectivity index (χ0) is 16.2. The van der Waals surface area contributed by atoms with Crippen LogP contribution in [-0.2, 0) is 10.2 Å². The van der Waals surface area contributed by atoms with E-state index in [9.17, 15) is 4.79 Å². The second-order valence-corrected chi connectivity index (χ2v) is 7.05. The Morgan fingerprint density at radius 3 is 2.73 bits per heavy atom. The molecule has 1 aliphatic rings. The molecule has 5 heteroatoms. The summed E-state index contributed by atoms with van der Waals surface area (Å²) >= 11 is 12.3. The molecule has 1 atom stereocenters. The normalized spacial score (nSPS) is 21.6. The highest BCUT2D eigenvalue weighted by Gasteiger charge is 2.33. The van der Waals surface area contributed by atoms with Crippen molar-refractivity contribution < 1.29 is 4.79 Å². The van der Waals surface area contributed by atoms with Crippen molar-refractivity contribution in [2.45, 2.75) is 38.0 Å². The third kappa shape index (κ3) is 4.15. The Hall–Kier alpha value is -0.770. The number of amides is 1. The lowest BCUT2D eigenvalue weighted by Gasteiger charge is -2.39. The van der Waals surface area contributed by atoms with Crippen molar-refractivity contribution in [2.24, 2.45) is 0 Å². The fourth-order valence-electron chi connectivity index (χ4n) is 3.21. The van der Waals surface area contributed by atoms with Gasteiger partial charge in [0.1, 0.15) is 0 Å². The second kappa shape index (κ2) is 7.67. The molecule has 122 valence electrons. The predicted molar refractivity (Wildman–Crippen MR) is 92.8 cm³/mol. The molecule has 1 N–H and O–H groups in total. The molecule has 1 heterocycles. The van der Waals surface area contributed by atoms with Gasteiger partial charge >= 0.3 is 0 Å². The second-order valence-electron chi connectivity index (χ2n) is 6.23. The first-order valence-corrected chi connectivity index (χ1v) is 8.58. The number of halogens is 2. The van der Waals surface area contributed by atoms with E-state index in [0.717, 1.165) is 45.3 Å². The minimum atomic E-state index is 0.0874. The SMILES string of the molecule is CC(=O)N(C)CCC[C@]1(c2ccc(Cl)c(Cl)c2)CCCNC1. The topological polar surface area (TPSA) is 32.3 Å². The van der Waals surface area contributed by atoms with E-state index in [0.29, 0.717) is 10.0 Å². The van der Waals surface area contributed by atoms with Crippen LogP contribution in [0.15, 0.2) is 18.2 Å². The van der Waals surface area contributed by atoms with Crippen LogP contribution in [0.2, 0.25) is 10.0 Å². The molecule has 1 amide bonds. The number of nitrogens with zero attached hydrogens (tertiary/aromatic N) is 1. The first-order valence-electron chi connectivity index (χ1n) is 7.82. The van der Waals surface area contributed by atoms with Crippen molar-refractivity contribution in [1.29, 1.82) is 0 Å². The Morgan fingerprint density at radius 2 is 2.14 bits per heavy atom. The summed E-state index contributed by atoms with van der Waals surface area (Å²) in [5, 5.41) is 4.73. The minimum Gasteiger partial charge on any atom is -0.346 e. The molecule has 1 fully saturated rings. The van der Waals surface area contributed by atoms with E-state index < -0.39 is 0 Å². The van der Waals surface area contributed by atoms with Crippen LogP contribution >= 0.6 is 23.2 Å². The predicted octanol–water partition coefficient (Wildman–Crippen LogP) is 3.87. The lowest BCUT2D eigenvalue weighted by Crippen LogP contribution is -2.44. The third-order valence-corrected chi connectivity index (χ3v) is 5.43. The highest BCUT2D eigenvalue weighted by molar-refractivity contribution is 6.42. The largest absolute Gasteiger partial charge is 0.346 e. The number of hydrogen-bond acceptors (Lipinski definition) is 2. The summed E-state index contributed by atoms with van der Waals surface area (Å²) in [4.78, 5) is 13.1. The van der Waals surface area contributed by atoms with Crippen LogP contribution in [0.4, 0.5) is 0 Å². The fourth-order valence-corrected chi connectivity index (χ4v) is 3.51. The zero-order valence-electron chi connectivity index (χ0n) is 13.3. The van der Waals surface area contributed by atoms with Crippen LogP contribution in [0.1, 0.15) is 38.2 Å². The van der Waals surface area contributed by atoms with E-state index in [4.69, 9.17) is 23.2 Å². The van der Waals surface area contributed by atoms with Crippen molar-refractivity contribution in [2.75, 3.05) is 26.7 Å².